The smallest absolute Gasteiger partial charge is 0.255 e. The van der Waals surface area contributed by atoms with Crippen LogP contribution in [0, 0.1) is 0 Å². The summed E-state index contributed by atoms with van der Waals surface area (Å²) in [7, 11) is 0. The lowest BCUT2D eigenvalue weighted by atomic mass is 10.0. The van der Waals surface area contributed by atoms with Gasteiger partial charge in [0.15, 0.2) is 0 Å². The van der Waals surface area contributed by atoms with E-state index in [-0.39, 0.29) is 69.2 Å². The number of hydrogen-bond donors (Lipinski definition) is 1. The number of piperidine rings is 1. The number of fused-ring (bicyclic) bond motifs is 1. The molecule has 1 atom stereocenters. The number of rotatable bonds is 6. The van der Waals surface area contributed by atoms with Crippen LogP contribution in [0.15, 0.2) is 42.4 Å². The number of carbonyl (C=O) groups is 4. The number of morpholine rings is 1. The van der Waals surface area contributed by atoms with Crippen molar-refractivity contribution < 1.29 is 32.8 Å². The van der Waals surface area contributed by atoms with Crippen molar-refractivity contribution >= 4 is 23.6 Å². The monoisotopic (exact) mass is 466 g/mol. The van der Waals surface area contributed by atoms with Crippen LogP contribution < -0.4 is 10.1 Å². The van der Waals surface area contributed by atoms with Crippen LogP contribution in [-0.2, 0) is 38.8 Å². The van der Waals surface area contributed by atoms with Crippen molar-refractivity contribution in [2.75, 3.05) is 19.8 Å². The number of nitrogens with zero attached hydrogens (tertiary/aromatic N) is 2. The molecule has 0 saturated carbocycles. The Hall–Kier alpha value is -3.72. The predicted molar refractivity (Wildman–Crippen MR) is 119 cm³/mol. The van der Waals surface area contributed by atoms with E-state index in [9.17, 15) is 19.2 Å². The van der Waals surface area contributed by atoms with E-state index in [0.717, 1.165) is 4.90 Å². The minimum absolute atomic E-state index is 0.0642. The van der Waals surface area contributed by atoms with Gasteiger partial charge in [-0.15, -0.1) is 0 Å². The van der Waals surface area contributed by atoms with Gasteiger partial charge in [0.1, 0.15) is 25.0 Å². The van der Waals surface area contributed by atoms with Gasteiger partial charge in [0.05, 0.1) is 17.3 Å². The molecular weight excluding hydrogens is 438 g/mol. The van der Waals surface area contributed by atoms with Gasteiger partial charge in [-0.1, -0.05) is 30.3 Å². The highest BCUT2D eigenvalue weighted by molar-refractivity contribution is 6.05. The summed E-state index contributed by atoms with van der Waals surface area (Å²) in [4.78, 5) is 51.5. The van der Waals surface area contributed by atoms with Crippen LogP contribution in [0.25, 0.3) is 0 Å². The van der Waals surface area contributed by atoms with Gasteiger partial charge >= 0.3 is 0 Å². The molecule has 2 saturated heterocycles. The summed E-state index contributed by atoms with van der Waals surface area (Å²) in [6.45, 7) is -1.78. The second-order valence-corrected chi connectivity index (χ2v) is 8.29. The van der Waals surface area contributed by atoms with Crippen molar-refractivity contribution in [3.8, 4) is 5.75 Å². The number of ether oxygens (including phenoxy) is 2. The normalized spacial score (nSPS) is 22.1. The van der Waals surface area contributed by atoms with Crippen molar-refractivity contribution in [2.24, 2.45) is 0 Å². The van der Waals surface area contributed by atoms with Gasteiger partial charge < -0.3 is 19.3 Å². The van der Waals surface area contributed by atoms with Crippen LogP contribution in [0.3, 0.4) is 0 Å². The molecule has 3 aliphatic rings. The number of hydrogen-bond acceptors (Lipinski definition) is 6. The first-order valence-corrected chi connectivity index (χ1v) is 11.0. The quantitative estimate of drug-likeness (QED) is 0.645. The minimum atomic E-state index is -2.16. The third-order valence-corrected chi connectivity index (χ3v) is 6.05. The molecule has 4 amide bonds. The Labute approximate surface area is 200 Å². The van der Waals surface area contributed by atoms with E-state index in [1.807, 2.05) is 0 Å². The molecule has 2 aromatic carbocycles. The molecule has 2 fully saturated rings. The standard InChI is InChI=1S/C25H25N3O6/c29-22-9-8-20(24(31)26-22)28-13-19-18(25(28)32)2-1-3-21(19)34-14-17-6-4-16(5-7-17)12-27-10-11-33-15-23(27)30/h1-7,20H,8-15H2,(H,26,29,31)/i4D,12D2. The summed E-state index contributed by atoms with van der Waals surface area (Å²) in [5, 5.41) is 2.28. The van der Waals surface area contributed by atoms with Crippen LogP contribution in [0.1, 0.15) is 44.0 Å². The topological polar surface area (TPSA) is 105 Å². The zero-order valence-corrected chi connectivity index (χ0v) is 18.3. The van der Waals surface area contributed by atoms with Crippen LogP contribution in [0.5, 0.6) is 5.75 Å². The fourth-order valence-corrected chi connectivity index (χ4v) is 4.25. The van der Waals surface area contributed by atoms with Crippen LogP contribution in [-0.4, -0.2) is 59.2 Å². The second kappa shape index (κ2) is 9.26. The van der Waals surface area contributed by atoms with E-state index in [1.54, 1.807) is 24.3 Å². The first-order valence-electron chi connectivity index (χ1n) is 12.5. The zero-order chi connectivity index (χ0) is 26.3. The van der Waals surface area contributed by atoms with Gasteiger partial charge in [-0.25, -0.2) is 0 Å². The van der Waals surface area contributed by atoms with Crippen LogP contribution in [0.2, 0.25) is 0 Å². The summed E-state index contributed by atoms with van der Waals surface area (Å²) in [6.07, 6.45) is 0.436. The predicted octanol–water partition coefficient (Wildman–Crippen LogP) is 1.39. The Balaban J connectivity index is 1.30. The highest BCUT2D eigenvalue weighted by Crippen LogP contribution is 2.34. The highest BCUT2D eigenvalue weighted by atomic mass is 16.5. The Morgan fingerprint density at radius 3 is 2.79 bits per heavy atom. The lowest BCUT2D eigenvalue weighted by Crippen LogP contribution is -2.52. The molecule has 0 spiro atoms. The summed E-state index contributed by atoms with van der Waals surface area (Å²) >= 11 is 0. The third-order valence-electron chi connectivity index (χ3n) is 6.05. The van der Waals surface area contributed by atoms with Gasteiger partial charge in [-0.05, 0) is 29.7 Å². The minimum Gasteiger partial charge on any atom is -0.489 e. The summed E-state index contributed by atoms with van der Waals surface area (Å²) in [6, 6.07) is 8.89. The Kier molecular flexibility index (Phi) is 5.09. The molecule has 1 N–H and O–H groups in total. The Morgan fingerprint density at radius 2 is 2.00 bits per heavy atom. The molecule has 9 nitrogen and oxygen atoms in total. The average Bonchev–Trinajstić information content (AvgIpc) is 3.19. The molecule has 0 aliphatic carbocycles. The van der Waals surface area contributed by atoms with Crippen LogP contribution >= 0.6 is 0 Å². The molecule has 5 rings (SSSR count). The fraction of sp³-hybridized carbons (Fsp3) is 0.360. The maximum atomic E-state index is 13.0. The molecule has 3 heterocycles. The number of amides is 4. The van der Waals surface area contributed by atoms with E-state index in [1.165, 1.54) is 17.0 Å². The molecule has 176 valence electrons. The van der Waals surface area contributed by atoms with Crippen molar-refractivity contribution in [1.82, 2.24) is 15.1 Å². The van der Waals surface area contributed by atoms with E-state index >= 15 is 0 Å². The first-order chi connectivity index (χ1) is 17.7. The third kappa shape index (κ3) is 4.38. The zero-order valence-electron chi connectivity index (χ0n) is 21.3. The maximum Gasteiger partial charge on any atom is 0.255 e. The lowest BCUT2D eigenvalue weighted by molar-refractivity contribution is -0.143. The van der Waals surface area contributed by atoms with Gasteiger partial charge in [0.2, 0.25) is 17.7 Å². The number of carbonyl (C=O) groups excluding carboxylic acids is 4. The Morgan fingerprint density at radius 1 is 1.15 bits per heavy atom. The molecule has 0 aromatic heterocycles. The van der Waals surface area contributed by atoms with E-state index in [4.69, 9.17) is 13.6 Å². The number of imide groups is 1. The maximum absolute atomic E-state index is 13.0. The second-order valence-electron chi connectivity index (χ2n) is 8.29. The highest BCUT2D eigenvalue weighted by Gasteiger charge is 2.40. The van der Waals surface area contributed by atoms with Crippen LogP contribution in [0.4, 0.5) is 0 Å². The van der Waals surface area contributed by atoms with Gasteiger partial charge in [-0.2, -0.15) is 0 Å². The molecular formula is C25H25N3O6. The van der Waals surface area contributed by atoms with Gasteiger partial charge in [0, 0.05) is 30.6 Å². The van der Waals surface area contributed by atoms with Crippen molar-refractivity contribution in [2.45, 2.75) is 38.5 Å². The molecule has 1 unspecified atom stereocenters. The van der Waals surface area contributed by atoms with E-state index in [2.05, 4.69) is 5.32 Å². The largest absolute Gasteiger partial charge is 0.489 e. The fourth-order valence-electron chi connectivity index (χ4n) is 4.25. The Bertz CT molecular complexity index is 1300. The summed E-state index contributed by atoms with van der Waals surface area (Å²) in [5.74, 6) is -1.14. The number of nitrogens with one attached hydrogen (secondary N) is 1. The van der Waals surface area contributed by atoms with Gasteiger partial charge in [0.25, 0.3) is 5.91 Å². The van der Waals surface area contributed by atoms with Gasteiger partial charge in [-0.3, -0.25) is 24.5 Å². The van der Waals surface area contributed by atoms with E-state index in [0.29, 0.717) is 22.4 Å². The average molecular weight is 467 g/mol. The molecule has 9 heteroatoms. The molecule has 3 aliphatic heterocycles. The summed E-state index contributed by atoms with van der Waals surface area (Å²) in [5.41, 5.74) is 1.75. The van der Waals surface area contributed by atoms with Crippen molar-refractivity contribution in [3.63, 3.8) is 0 Å². The molecule has 0 radical (unpaired) electrons. The molecule has 34 heavy (non-hydrogen) atoms. The van der Waals surface area contributed by atoms with Crippen molar-refractivity contribution in [1.29, 1.82) is 0 Å². The van der Waals surface area contributed by atoms with Crippen molar-refractivity contribution in [3.05, 3.63) is 64.7 Å². The lowest BCUT2D eigenvalue weighted by Gasteiger charge is -2.29. The summed E-state index contributed by atoms with van der Waals surface area (Å²) < 4.78 is 36.3. The molecule has 2 aromatic rings. The molecule has 0 bridgehead atoms. The number of benzene rings is 2. The van der Waals surface area contributed by atoms with E-state index < -0.39 is 24.4 Å². The first kappa shape index (κ1) is 18.7. The SMILES string of the molecule is [2H]c1cc(COc2cccc3c2CN(C2CCC(=O)NC2=O)C3=O)ccc1C([2H])([2H])N1CCOCC1=O.